The molecule has 4 aromatic rings. The minimum atomic E-state index is -0.551. The number of fused-ring (bicyclic) bond motifs is 2. The minimum absolute atomic E-state index is 0.306. The van der Waals surface area contributed by atoms with Crippen molar-refractivity contribution in [3.63, 3.8) is 0 Å². The van der Waals surface area contributed by atoms with Crippen LogP contribution in [0.4, 0.5) is 0 Å². The molecule has 0 atom stereocenters. The lowest BCUT2D eigenvalue weighted by Crippen LogP contribution is -2.47. The van der Waals surface area contributed by atoms with Gasteiger partial charge in [-0.1, -0.05) is 55.1 Å². The maximum absolute atomic E-state index is 12.2. The summed E-state index contributed by atoms with van der Waals surface area (Å²) in [5, 5.41) is 4.93. The minimum Gasteiger partial charge on any atom is -0.307 e. The van der Waals surface area contributed by atoms with E-state index in [-0.39, 0.29) is 0 Å². The van der Waals surface area contributed by atoms with E-state index in [0.29, 0.717) is 10.6 Å². The van der Waals surface area contributed by atoms with Crippen LogP contribution in [-0.2, 0) is 0 Å². The van der Waals surface area contributed by atoms with Gasteiger partial charge in [0.1, 0.15) is 0 Å². The Morgan fingerprint density at radius 1 is 0.833 bits per heavy atom. The molecule has 0 aliphatic rings. The van der Waals surface area contributed by atoms with Crippen LogP contribution in [-0.4, -0.2) is 9.97 Å². The zero-order valence-electron chi connectivity index (χ0n) is 12.8. The molecule has 3 aromatic carbocycles. The van der Waals surface area contributed by atoms with Gasteiger partial charge in [0.05, 0.1) is 5.22 Å². The van der Waals surface area contributed by atoms with E-state index in [0.717, 1.165) is 27.1 Å². The summed E-state index contributed by atoms with van der Waals surface area (Å²) in [6.45, 7) is 3.79. The van der Waals surface area contributed by atoms with Crippen molar-refractivity contribution < 1.29 is 0 Å². The molecule has 4 heteroatoms. The van der Waals surface area contributed by atoms with Gasteiger partial charge < -0.3 is 4.98 Å². The van der Waals surface area contributed by atoms with E-state index in [1.54, 1.807) is 6.08 Å². The van der Waals surface area contributed by atoms with E-state index >= 15 is 0 Å². The maximum Gasteiger partial charge on any atom is 0.326 e. The third-order valence-electron chi connectivity index (χ3n) is 4.16. The Kier molecular flexibility index (Phi) is 3.17. The second-order valence-corrected chi connectivity index (χ2v) is 5.68. The molecule has 0 bridgehead atoms. The molecule has 0 radical (unpaired) electrons. The zero-order valence-corrected chi connectivity index (χ0v) is 12.8. The fourth-order valence-corrected chi connectivity index (χ4v) is 3.04. The summed E-state index contributed by atoms with van der Waals surface area (Å²) >= 11 is 0. The fourth-order valence-electron chi connectivity index (χ4n) is 3.04. The van der Waals surface area contributed by atoms with Gasteiger partial charge in [-0.15, -0.1) is 0 Å². The Bertz CT molecular complexity index is 1220. The van der Waals surface area contributed by atoms with Crippen LogP contribution in [0.25, 0.3) is 34.2 Å². The highest BCUT2D eigenvalue weighted by atomic mass is 16.2. The van der Waals surface area contributed by atoms with Crippen molar-refractivity contribution in [2.75, 3.05) is 0 Å². The van der Waals surface area contributed by atoms with Gasteiger partial charge in [-0.05, 0) is 39.3 Å². The van der Waals surface area contributed by atoms with Crippen LogP contribution < -0.4 is 21.8 Å². The van der Waals surface area contributed by atoms with Gasteiger partial charge in [-0.3, -0.25) is 9.78 Å². The van der Waals surface area contributed by atoms with Crippen LogP contribution in [0.2, 0.25) is 0 Å². The molecule has 24 heavy (non-hydrogen) atoms. The smallest absolute Gasteiger partial charge is 0.307 e. The molecule has 0 spiro atoms. The molecule has 1 aromatic heterocycles. The summed E-state index contributed by atoms with van der Waals surface area (Å²) < 4.78 is 0. The lowest BCUT2D eigenvalue weighted by Gasteiger charge is -2.08. The van der Waals surface area contributed by atoms with Crippen LogP contribution in [0.5, 0.6) is 0 Å². The van der Waals surface area contributed by atoms with Gasteiger partial charge in [-0.25, -0.2) is 4.79 Å². The van der Waals surface area contributed by atoms with Gasteiger partial charge in [0.2, 0.25) is 0 Å². The lowest BCUT2D eigenvalue weighted by molar-refractivity contribution is 0.987. The highest BCUT2D eigenvalue weighted by Crippen LogP contribution is 2.28. The molecule has 0 saturated carbocycles. The van der Waals surface area contributed by atoms with E-state index in [2.05, 4.69) is 22.6 Å². The highest BCUT2D eigenvalue weighted by molar-refractivity contribution is 6.06. The highest BCUT2D eigenvalue weighted by Gasteiger charge is 2.06. The van der Waals surface area contributed by atoms with E-state index in [1.807, 2.05) is 48.5 Å². The normalized spacial score (nSPS) is 12.1. The number of hydrogen-bond acceptors (Lipinski definition) is 2. The second kappa shape index (κ2) is 5.35. The molecule has 4 nitrogen and oxygen atoms in total. The quantitative estimate of drug-likeness (QED) is 0.524. The summed E-state index contributed by atoms with van der Waals surface area (Å²) in [5.41, 5.74) is -0.0585. The number of rotatable bonds is 1. The van der Waals surface area contributed by atoms with E-state index in [9.17, 15) is 9.59 Å². The van der Waals surface area contributed by atoms with Crippen LogP contribution in [0, 0.1) is 0 Å². The first kappa shape index (κ1) is 14.2. The number of benzene rings is 3. The third-order valence-corrected chi connectivity index (χ3v) is 4.16. The van der Waals surface area contributed by atoms with Crippen molar-refractivity contribution in [1.29, 1.82) is 0 Å². The topological polar surface area (TPSA) is 65.7 Å². The maximum atomic E-state index is 12.2. The van der Waals surface area contributed by atoms with E-state index in [1.165, 1.54) is 0 Å². The standard InChI is InChI=1S/C20H14N2O2/c1-12-17(19(23)22-20(24)21-12)11-18-15-8-4-2-6-13(15)10-14-7-3-5-9-16(14)18/h2-11H,1H2,(H2,21,22,23,24)/b17-11-. The first-order chi connectivity index (χ1) is 11.6. The molecule has 0 amide bonds. The number of H-pyrrole nitrogens is 2. The monoisotopic (exact) mass is 314 g/mol. The number of aromatic amines is 2. The number of aromatic nitrogens is 2. The van der Waals surface area contributed by atoms with Crippen LogP contribution in [0.1, 0.15) is 5.56 Å². The Balaban J connectivity index is 2.24. The number of nitrogens with one attached hydrogen (secondary N) is 2. The SMILES string of the molecule is C=c1[nH]c(=O)[nH]c(=O)/c1=C\c1c2ccccc2cc2ccccc12. The van der Waals surface area contributed by atoms with Gasteiger partial charge >= 0.3 is 5.69 Å². The van der Waals surface area contributed by atoms with Crippen molar-refractivity contribution in [2.24, 2.45) is 0 Å². The van der Waals surface area contributed by atoms with Crippen molar-refractivity contribution in [3.05, 3.63) is 91.6 Å². The van der Waals surface area contributed by atoms with Gasteiger partial charge in [0.15, 0.2) is 0 Å². The van der Waals surface area contributed by atoms with Crippen molar-refractivity contribution in [3.8, 4) is 0 Å². The fraction of sp³-hybridized carbons (Fsp3) is 0. The van der Waals surface area contributed by atoms with Crippen molar-refractivity contribution in [2.45, 2.75) is 0 Å². The summed E-state index contributed by atoms with van der Waals surface area (Å²) in [4.78, 5) is 28.4. The van der Waals surface area contributed by atoms with Crippen LogP contribution in [0.15, 0.2) is 64.2 Å². The summed E-state index contributed by atoms with van der Waals surface area (Å²) in [6.07, 6.45) is 1.79. The average Bonchev–Trinajstić information content (AvgIpc) is 2.57. The Morgan fingerprint density at radius 3 is 2.00 bits per heavy atom. The molecule has 116 valence electrons. The molecular weight excluding hydrogens is 300 g/mol. The Hall–Kier alpha value is -3.40. The Morgan fingerprint density at radius 2 is 1.42 bits per heavy atom. The van der Waals surface area contributed by atoms with E-state index in [4.69, 9.17) is 0 Å². The predicted molar refractivity (Wildman–Crippen MR) is 97.5 cm³/mol. The third kappa shape index (κ3) is 2.25. The van der Waals surface area contributed by atoms with Gasteiger partial charge in [0.25, 0.3) is 5.56 Å². The Labute approximate surface area is 136 Å². The first-order valence-corrected chi connectivity index (χ1v) is 7.57. The van der Waals surface area contributed by atoms with Crippen LogP contribution >= 0.6 is 0 Å². The zero-order chi connectivity index (χ0) is 16.7. The molecule has 0 fully saturated rings. The number of hydrogen-bond donors (Lipinski definition) is 2. The molecule has 0 aliphatic heterocycles. The molecule has 0 saturated heterocycles. The average molecular weight is 314 g/mol. The predicted octanol–water partition coefficient (Wildman–Crippen LogP) is 1.61. The molecular formula is C20H14N2O2. The van der Waals surface area contributed by atoms with Crippen molar-refractivity contribution >= 4 is 34.2 Å². The second-order valence-electron chi connectivity index (χ2n) is 5.68. The molecule has 4 rings (SSSR count). The largest absolute Gasteiger partial charge is 0.326 e. The van der Waals surface area contributed by atoms with E-state index < -0.39 is 11.2 Å². The van der Waals surface area contributed by atoms with Crippen LogP contribution in [0.3, 0.4) is 0 Å². The lowest BCUT2D eigenvalue weighted by atomic mass is 9.96. The summed E-state index contributed by atoms with van der Waals surface area (Å²) in [7, 11) is 0. The summed E-state index contributed by atoms with van der Waals surface area (Å²) in [6, 6.07) is 18.2. The van der Waals surface area contributed by atoms with Crippen molar-refractivity contribution in [1.82, 2.24) is 9.97 Å². The molecule has 2 N–H and O–H groups in total. The van der Waals surface area contributed by atoms with Gasteiger partial charge in [-0.2, -0.15) is 0 Å². The summed E-state index contributed by atoms with van der Waals surface area (Å²) in [5.74, 6) is 0. The molecule has 0 aliphatic carbocycles. The first-order valence-electron chi connectivity index (χ1n) is 7.57. The van der Waals surface area contributed by atoms with Gasteiger partial charge in [0, 0.05) is 5.35 Å². The molecule has 1 heterocycles. The molecule has 0 unspecified atom stereocenters.